The van der Waals surface area contributed by atoms with Gasteiger partial charge in [0.2, 0.25) is 15.9 Å². The monoisotopic (exact) mass is 326 g/mol. The Kier molecular flexibility index (Phi) is 4.70. The molecule has 22 heavy (non-hydrogen) atoms. The summed E-state index contributed by atoms with van der Waals surface area (Å²) in [5.74, 6) is -1.25. The van der Waals surface area contributed by atoms with Crippen LogP contribution in [-0.2, 0) is 26.0 Å². The number of carboxylic acid groups (broad SMARTS) is 1. The van der Waals surface area contributed by atoms with E-state index in [2.05, 4.69) is 4.72 Å². The fourth-order valence-electron chi connectivity index (χ4n) is 2.56. The first kappa shape index (κ1) is 16.3. The average Bonchev–Trinajstić information content (AvgIpc) is 2.86. The van der Waals surface area contributed by atoms with E-state index in [9.17, 15) is 18.0 Å². The maximum atomic E-state index is 12.3. The first-order valence-electron chi connectivity index (χ1n) is 6.85. The Morgan fingerprint density at radius 3 is 2.77 bits per heavy atom. The Bertz CT molecular complexity index is 686. The maximum absolute atomic E-state index is 12.3. The molecule has 0 saturated carbocycles. The van der Waals surface area contributed by atoms with Crippen molar-refractivity contribution in [2.45, 2.75) is 25.3 Å². The van der Waals surface area contributed by atoms with Crippen molar-refractivity contribution >= 4 is 27.6 Å². The smallest absolute Gasteiger partial charge is 0.326 e. The Morgan fingerprint density at radius 1 is 1.41 bits per heavy atom. The summed E-state index contributed by atoms with van der Waals surface area (Å²) in [6, 6.07) is 5.76. The Labute approximate surface area is 129 Å². The second kappa shape index (κ2) is 6.35. The summed E-state index contributed by atoms with van der Waals surface area (Å²) in [7, 11) is -3.38. The predicted octanol–water partition coefficient (Wildman–Crippen LogP) is 0.676. The molecule has 1 aliphatic rings. The number of carbonyl (C=O) groups is 2. The molecule has 8 heteroatoms. The summed E-state index contributed by atoms with van der Waals surface area (Å²) in [4.78, 5) is 24.7. The number of benzene rings is 1. The van der Waals surface area contributed by atoms with Crippen LogP contribution in [0.25, 0.3) is 0 Å². The molecule has 1 unspecified atom stereocenters. The van der Waals surface area contributed by atoms with Crippen LogP contribution in [0.3, 0.4) is 0 Å². The zero-order chi connectivity index (χ0) is 16.3. The van der Waals surface area contributed by atoms with Crippen LogP contribution in [0.5, 0.6) is 0 Å². The highest BCUT2D eigenvalue weighted by molar-refractivity contribution is 7.92. The summed E-state index contributed by atoms with van der Waals surface area (Å²) < 4.78 is 24.8. The zero-order valence-electron chi connectivity index (χ0n) is 12.2. The summed E-state index contributed by atoms with van der Waals surface area (Å²) in [6.45, 7) is 0.442. The maximum Gasteiger partial charge on any atom is 0.326 e. The van der Waals surface area contributed by atoms with Crippen molar-refractivity contribution < 1.29 is 23.1 Å². The van der Waals surface area contributed by atoms with Crippen LogP contribution in [0.2, 0.25) is 0 Å². The van der Waals surface area contributed by atoms with E-state index in [1.165, 1.54) is 4.90 Å². The van der Waals surface area contributed by atoms with E-state index in [4.69, 9.17) is 5.11 Å². The highest BCUT2D eigenvalue weighted by atomic mass is 32.2. The van der Waals surface area contributed by atoms with E-state index in [1.54, 1.807) is 24.3 Å². The van der Waals surface area contributed by atoms with E-state index in [1.807, 2.05) is 0 Å². The molecule has 0 aromatic heterocycles. The van der Waals surface area contributed by atoms with Crippen molar-refractivity contribution in [1.29, 1.82) is 0 Å². The Hall–Kier alpha value is -2.09. The third kappa shape index (κ3) is 4.20. The fraction of sp³-hybridized carbons (Fsp3) is 0.429. The van der Waals surface area contributed by atoms with E-state index in [0.717, 1.165) is 6.26 Å². The van der Waals surface area contributed by atoms with Crippen LogP contribution in [0.4, 0.5) is 5.69 Å². The van der Waals surface area contributed by atoms with Crippen molar-refractivity contribution in [2.24, 2.45) is 0 Å². The number of hydrogen-bond donors (Lipinski definition) is 2. The molecular weight excluding hydrogens is 308 g/mol. The quantitative estimate of drug-likeness (QED) is 0.828. The first-order chi connectivity index (χ1) is 10.3. The molecule has 2 rings (SSSR count). The van der Waals surface area contributed by atoms with Crippen molar-refractivity contribution in [1.82, 2.24) is 4.90 Å². The van der Waals surface area contributed by atoms with E-state index in [0.29, 0.717) is 30.6 Å². The van der Waals surface area contributed by atoms with Crippen molar-refractivity contribution in [3.63, 3.8) is 0 Å². The molecule has 120 valence electrons. The number of carboxylic acids is 1. The number of aliphatic carboxylic acids is 1. The molecule has 0 spiro atoms. The highest BCUT2D eigenvalue weighted by Gasteiger charge is 2.33. The van der Waals surface area contributed by atoms with Gasteiger partial charge in [-0.05, 0) is 30.5 Å². The number of hydrogen-bond acceptors (Lipinski definition) is 4. The predicted molar refractivity (Wildman–Crippen MR) is 81.0 cm³/mol. The summed E-state index contributed by atoms with van der Waals surface area (Å²) in [5.41, 5.74) is 1.01. The molecule has 0 aliphatic carbocycles. The lowest BCUT2D eigenvalue weighted by Gasteiger charge is -2.21. The number of sulfonamides is 1. The molecule has 1 aromatic rings. The highest BCUT2D eigenvalue weighted by Crippen LogP contribution is 2.20. The molecule has 1 atom stereocenters. The number of nitrogens with zero attached hydrogens (tertiary/aromatic N) is 1. The second-order valence-electron chi connectivity index (χ2n) is 5.33. The molecule has 1 amide bonds. The molecule has 1 saturated heterocycles. The zero-order valence-corrected chi connectivity index (χ0v) is 13.0. The topological polar surface area (TPSA) is 104 Å². The van der Waals surface area contributed by atoms with E-state index >= 15 is 0 Å². The van der Waals surface area contributed by atoms with Gasteiger partial charge in [0.25, 0.3) is 0 Å². The molecule has 2 N–H and O–H groups in total. The van der Waals surface area contributed by atoms with Gasteiger partial charge in [-0.15, -0.1) is 0 Å². The lowest BCUT2D eigenvalue weighted by molar-refractivity contribution is -0.148. The van der Waals surface area contributed by atoms with Crippen LogP contribution in [-0.4, -0.2) is 49.1 Å². The summed E-state index contributed by atoms with van der Waals surface area (Å²) in [6.07, 6.45) is 2.24. The van der Waals surface area contributed by atoms with Gasteiger partial charge >= 0.3 is 5.97 Å². The van der Waals surface area contributed by atoms with Gasteiger partial charge in [-0.3, -0.25) is 9.52 Å². The minimum Gasteiger partial charge on any atom is -0.480 e. The van der Waals surface area contributed by atoms with Crippen LogP contribution >= 0.6 is 0 Å². The standard InChI is InChI=1S/C14H18N2O5S/c1-22(20,21)15-11-5-2-4-10(8-11)9-13(17)16-7-3-6-12(16)14(18)19/h2,4-5,8,12,15H,3,6-7,9H2,1H3,(H,18,19). The van der Waals surface area contributed by atoms with Crippen LogP contribution in [0.1, 0.15) is 18.4 Å². The minimum absolute atomic E-state index is 0.0447. The number of amides is 1. The third-order valence-corrected chi connectivity index (χ3v) is 4.05. The average molecular weight is 326 g/mol. The van der Waals surface area contributed by atoms with E-state index in [-0.39, 0.29) is 12.3 Å². The molecule has 1 aliphatic heterocycles. The molecular formula is C14H18N2O5S. The summed E-state index contributed by atoms with van der Waals surface area (Å²) in [5, 5.41) is 9.10. The van der Waals surface area contributed by atoms with Gasteiger partial charge in [0.1, 0.15) is 6.04 Å². The molecule has 0 bridgehead atoms. The van der Waals surface area contributed by atoms with Gasteiger partial charge in [0.15, 0.2) is 0 Å². The molecule has 1 heterocycles. The lowest BCUT2D eigenvalue weighted by atomic mass is 10.1. The van der Waals surface area contributed by atoms with Crippen LogP contribution in [0, 0.1) is 0 Å². The third-order valence-electron chi connectivity index (χ3n) is 3.44. The molecule has 1 aromatic carbocycles. The van der Waals surface area contributed by atoms with Gasteiger partial charge in [0, 0.05) is 12.2 Å². The van der Waals surface area contributed by atoms with Crippen molar-refractivity contribution in [3.05, 3.63) is 29.8 Å². The molecule has 0 radical (unpaired) electrons. The SMILES string of the molecule is CS(=O)(=O)Nc1cccc(CC(=O)N2CCCC2C(=O)O)c1. The first-order valence-corrected chi connectivity index (χ1v) is 8.74. The number of likely N-dealkylation sites (tertiary alicyclic amines) is 1. The van der Waals surface area contributed by atoms with Gasteiger partial charge in [0.05, 0.1) is 12.7 Å². The molecule has 7 nitrogen and oxygen atoms in total. The van der Waals surface area contributed by atoms with Crippen molar-refractivity contribution in [2.75, 3.05) is 17.5 Å². The Balaban J connectivity index is 2.09. The van der Waals surface area contributed by atoms with Crippen LogP contribution < -0.4 is 4.72 Å². The number of anilines is 1. The summed E-state index contributed by atoms with van der Waals surface area (Å²) >= 11 is 0. The Morgan fingerprint density at radius 2 is 2.14 bits per heavy atom. The lowest BCUT2D eigenvalue weighted by Crippen LogP contribution is -2.41. The van der Waals surface area contributed by atoms with Gasteiger partial charge < -0.3 is 10.0 Å². The van der Waals surface area contributed by atoms with Crippen LogP contribution in [0.15, 0.2) is 24.3 Å². The minimum atomic E-state index is -3.38. The van der Waals surface area contributed by atoms with Gasteiger partial charge in [-0.1, -0.05) is 12.1 Å². The fourth-order valence-corrected chi connectivity index (χ4v) is 3.11. The van der Waals surface area contributed by atoms with Crippen molar-refractivity contribution in [3.8, 4) is 0 Å². The largest absolute Gasteiger partial charge is 0.480 e. The van der Waals surface area contributed by atoms with E-state index < -0.39 is 22.0 Å². The second-order valence-corrected chi connectivity index (χ2v) is 7.08. The number of rotatable bonds is 5. The number of carbonyl (C=O) groups excluding carboxylic acids is 1. The van der Waals surface area contributed by atoms with Gasteiger partial charge in [-0.25, -0.2) is 13.2 Å². The normalized spacial score (nSPS) is 18.2. The number of nitrogens with one attached hydrogen (secondary N) is 1. The van der Waals surface area contributed by atoms with Gasteiger partial charge in [-0.2, -0.15) is 0 Å². The molecule has 1 fully saturated rings.